The van der Waals surface area contributed by atoms with Crippen LogP contribution in [0.25, 0.3) is 0 Å². The van der Waals surface area contributed by atoms with E-state index in [-0.39, 0.29) is 6.42 Å². The summed E-state index contributed by atoms with van der Waals surface area (Å²) >= 11 is 0. The third-order valence-corrected chi connectivity index (χ3v) is 4.87. The highest BCUT2D eigenvalue weighted by molar-refractivity contribution is 6.45. The molecule has 0 spiro atoms. The maximum Gasteiger partial charge on any atom is 0.240 e. The molecule has 0 saturated heterocycles. The van der Waals surface area contributed by atoms with E-state index in [0.29, 0.717) is 25.7 Å². The molecule has 0 radical (unpaired) electrons. The van der Waals surface area contributed by atoms with Gasteiger partial charge in [0, 0.05) is 12.3 Å². The molecule has 0 bridgehead atoms. The first-order valence-electron chi connectivity index (χ1n) is 8.83. The van der Waals surface area contributed by atoms with Crippen LogP contribution in [0.4, 0.5) is 0 Å². The van der Waals surface area contributed by atoms with Crippen molar-refractivity contribution in [2.75, 3.05) is 6.61 Å². The Morgan fingerprint density at radius 3 is 2.23 bits per heavy atom. The predicted octanol–water partition coefficient (Wildman–Crippen LogP) is -0.954. The van der Waals surface area contributed by atoms with Gasteiger partial charge in [0.05, 0.1) is 6.61 Å². The van der Waals surface area contributed by atoms with Gasteiger partial charge in [-0.1, -0.05) is 31.8 Å². The molecule has 1 unspecified atom stereocenters. The number of allylic oxidation sites excluding steroid dienone is 1. The molecule has 1 aliphatic rings. The second kappa shape index (κ2) is 10.0. The molecule has 1 rings (SSSR count). The summed E-state index contributed by atoms with van der Waals surface area (Å²) in [6.45, 7) is 2.53. The van der Waals surface area contributed by atoms with Crippen molar-refractivity contribution < 1.29 is 39.9 Å². The van der Waals surface area contributed by atoms with Crippen LogP contribution in [0.2, 0.25) is 0 Å². The van der Waals surface area contributed by atoms with Gasteiger partial charge in [-0.15, -0.1) is 6.58 Å². The highest BCUT2D eigenvalue weighted by Crippen LogP contribution is 2.26. The van der Waals surface area contributed by atoms with Crippen molar-refractivity contribution in [3.8, 4) is 0 Å². The maximum absolute atomic E-state index is 12.6. The van der Waals surface area contributed by atoms with Gasteiger partial charge >= 0.3 is 0 Å². The van der Waals surface area contributed by atoms with Crippen LogP contribution in [0.1, 0.15) is 44.9 Å². The van der Waals surface area contributed by atoms with Gasteiger partial charge in [-0.2, -0.15) is 0 Å². The first kappa shape index (κ1) is 22.6. The average molecular weight is 372 g/mol. The third-order valence-electron chi connectivity index (χ3n) is 4.87. The Morgan fingerprint density at radius 1 is 1.08 bits per heavy atom. The van der Waals surface area contributed by atoms with Crippen molar-refractivity contribution in [3.63, 3.8) is 0 Å². The Hall–Kier alpha value is -1.45. The first-order chi connectivity index (χ1) is 12.2. The van der Waals surface area contributed by atoms with Crippen LogP contribution in [0.3, 0.4) is 0 Å². The zero-order valence-electron chi connectivity index (χ0n) is 14.7. The molecule has 8 nitrogen and oxygen atoms in total. The van der Waals surface area contributed by atoms with Crippen LogP contribution in [0.5, 0.6) is 0 Å². The lowest BCUT2D eigenvalue weighted by molar-refractivity contribution is -0.183. The fourth-order valence-electron chi connectivity index (χ4n) is 3.07. The summed E-state index contributed by atoms with van der Waals surface area (Å²) in [5.41, 5.74) is -3.19. The van der Waals surface area contributed by atoms with Crippen molar-refractivity contribution in [1.29, 1.82) is 0 Å². The van der Waals surface area contributed by atoms with E-state index in [1.54, 1.807) is 0 Å². The van der Waals surface area contributed by atoms with Gasteiger partial charge in [-0.05, 0) is 12.8 Å². The number of aliphatic hydroxyl groups is 5. The molecule has 0 amide bonds. The average Bonchev–Trinajstić information content (AvgIpc) is 2.65. The van der Waals surface area contributed by atoms with E-state index in [9.17, 15) is 34.8 Å². The van der Waals surface area contributed by atoms with E-state index in [2.05, 4.69) is 6.58 Å². The first-order valence-corrected chi connectivity index (χ1v) is 8.83. The van der Waals surface area contributed by atoms with Gasteiger partial charge < -0.3 is 25.5 Å². The number of hydrogen-bond donors (Lipinski definition) is 5. The number of rotatable bonds is 5. The molecule has 148 valence electrons. The normalized spacial score (nSPS) is 30.0. The van der Waals surface area contributed by atoms with E-state index in [4.69, 9.17) is 5.11 Å². The second-order valence-electron chi connectivity index (χ2n) is 6.72. The van der Waals surface area contributed by atoms with E-state index in [1.807, 2.05) is 0 Å². The van der Waals surface area contributed by atoms with Crippen molar-refractivity contribution >= 4 is 17.3 Å². The fraction of sp³-hybridized carbons (Fsp3) is 0.722. The van der Waals surface area contributed by atoms with Crippen LogP contribution >= 0.6 is 0 Å². The summed E-state index contributed by atoms with van der Waals surface area (Å²) in [5, 5.41) is 49.2. The van der Waals surface area contributed by atoms with Crippen LogP contribution in [0, 0.1) is 5.92 Å². The minimum atomic E-state index is -3.19. The Morgan fingerprint density at radius 2 is 1.65 bits per heavy atom. The third kappa shape index (κ3) is 4.83. The number of carbonyl (C=O) groups excluding carboxylic acids is 3. The summed E-state index contributed by atoms with van der Waals surface area (Å²) in [7, 11) is 0. The van der Waals surface area contributed by atoms with Crippen LogP contribution < -0.4 is 0 Å². The summed E-state index contributed by atoms with van der Waals surface area (Å²) in [5.74, 6) is -4.64. The minimum absolute atomic E-state index is 0.271. The zero-order chi connectivity index (χ0) is 19.9. The number of ketones is 3. The summed E-state index contributed by atoms with van der Waals surface area (Å²) in [6, 6.07) is 0. The van der Waals surface area contributed by atoms with Gasteiger partial charge in [0.2, 0.25) is 17.2 Å². The molecule has 0 aliphatic heterocycles. The standard InChI is InChI=1S/C18H28O8/c1-2-11-8-6-4-3-5-7-9-13(21)18(26,16(24)14(11)22)17(25)15(23)12(20)10-19/h2,11-12,15,17,19-20,23,25-26H,1,3-10H2/t11?,12-,15-,17+,18+/m1/s1. The van der Waals surface area contributed by atoms with Crippen LogP contribution in [0.15, 0.2) is 12.7 Å². The topological polar surface area (TPSA) is 152 Å². The summed E-state index contributed by atoms with van der Waals surface area (Å²) in [4.78, 5) is 37.6. The monoisotopic (exact) mass is 372 g/mol. The molecule has 26 heavy (non-hydrogen) atoms. The highest BCUT2D eigenvalue weighted by atomic mass is 16.4. The quantitative estimate of drug-likeness (QED) is 0.235. The van der Waals surface area contributed by atoms with Gasteiger partial charge in [-0.3, -0.25) is 14.4 Å². The number of aliphatic hydroxyl groups excluding tert-OH is 4. The summed E-state index contributed by atoms with van der Waals surface area (Å²) in [6.07, 6.45) is -1.94. The predicted molar refractivity (Wildman–Crippen MR) is 91.1 cm³/mol. The van der Waals surface area contributed by atoms with Crippen molar-refractivity contribution in [2.24, 2.45) is 5.92 Å². The van der Waals surface area contributed by atoms with Crippen molar-refractivity contribution in [2.45, 2.75) is 68.9 Å². The zero-order valence-corrected chi connectivity index (χ0v) is 14.7. The van der Waals surface area contributed by atoms with Gasteiger partial charge in [0.1, 0.15) is 18.3 Å². The SMILES string of the molecule is C=CC1CCCCCCCC(=O)[C@@](O)([C@@H](O)[C@H](O)[C@H](O)CO)C(=O)C1=O. The lowest BCUT2D eigenvalue weighted by Crippen LogP contribution is -2.64. The molecular formula is C18H28O8. The largest absolute Gasteiger partial charge is 0.394 e. The lowest BCUT2D eigenvalue weighted by Gasteiger charge is -2.34. The van der Waals surface area contributed by atoms with E-state index in [1.165, 1.54) is 6.08 Å². The maximum atomic E-state index is 12.6. The highest BCUT2D eigenvalue weighted by Gasteiger charge is 2.55. The molecule has 5 atom stereocenters. The molecule has 8 heteroatoms. The van der Waals surface area contributed by atoms with Crippen molar-refractivity contribution in [1.82, 2.24) is 0 Å². The molecule has 0 heterocycles. The van der Waals surface area contributed by atoms with Gasteiger partial charge in [-0.25, -0.2) is 0 Å². The molecule has 5 N–H and O–H groups in total. The molecule has 1 aliphatic carbocycles. The molecule has 0 aromatic heterocycles. The Balaban J connectivity index is 3.28. The molecule has 1 saturated carbocycles. The van der Waals surface area contributed by atoms with Gasteiger partial charge in [0.15, 0.2) is 5.78 Å². The number of Topliss-reactive ketones (excluding diaryl/α,β-unsaturated/α-hetero) is 3. The van der Waals surface area contributed by atoms with E-state index in [0.717, 1.165) is 12.8 Å². The number of carbonyl (C=O) groups is 3. The Kier molecular flexibility index (Phi) is 8.72. The van der Waals surface area contributed by atoms with Crippen LogP contribution in [-0.4, -0.2) is 73.4 Å². The second-order valence-corrected chi connectivity index (χ2v) is 6.72. The van der Waals surface area contributed by atoms with Crippen molar-refractivity contribution in [3.05, 3.63) is 12.7 Å². The smallest absolute Gasteiger partial charge is 0.240 e. The van der Waals surface area contributed by atoms with Gasteiger partial charge in [0.25, 0.3) is 0 Å². The number of hydrogen-bond acceptors (Lipinski definition) is 8. The fourth-order valence-corrected chi connectivity index (χ4v) is 3.07. The Bertz CT molecular complexity index is 531. The molecule has 0 aromatic rings. The van der Waals surface area contributed by atoms with E-state index < -0.39 is 53.8 Å². The molecule has 1 fully saturated rings. The lowest BCUT2D eigenvalue weighted by atomic mass is 9.77. The summed E-state index contributed by atoms with van der Waals surface area (Å²) < 4.78 is 0. The van der Waals surface area contributed by atoms with Crippen LogP contribution in [-0.2, 0) is 14.4 Å². The van der Waals surface area contributed by atoms with E-state index >= 15 is 0 Å². The molecule has 0 aromatic carbocycles. The minimum Gasteiger partial charge on any atom is -0.394 e. The Labute approximate surface area is 152 Å². The molecular weight excluding hydrogens is 344 g/mol.